The maximum Gasteiger partial charge on any atom is 0.266 e. The minimum Gasteiger partial charge on any atom is -0.273 e. The lowest BCUT2D eigenvalue weighted by Gasteiger charge is -2.08. The third-order valence-corrected chi connectivity index (χ3v) is 4.01. The van der Waals surface area contributed by atoms with Gasteiger partial charge in [-0.1, -0.05) is 17.7 Å². The summed E-state index contributed by atoms with van der Waals surface area (Å²) >= 11 is 5.74. The van der Waals surface area contributed by atoms with Gasteiger partial charge in [-0.2, -0.15) is 0 Å². The first kappa shape index (κ1) is 15.4. The third-order valence-electron chi connectivity index (χ3n) is 2.51. The van der Waals surface area contributed by atoms with Gasteiger partial charge in [0.2, 0.25) is 0 Å². The molecule has 0 aliphatic carbocycles. The Morgan fingerprint density at radius 2 is 1.76 bits per heavy atom. The summed E-state index contributed by atoms with van der Waals surface area (Å²) < 4.78 is 36.5. The lowest BCUT2D eigenvalue weighted by molar-refractivity contribution is 0.0945. The van der Waals surface area contributed by atoms with Crippen LogP contribution in [0.2, 0.25) is 5.02 Å². The van der Waals surface area contributed by atoms with Crippen molar-refractivity contribution in [1.29, 1.82) is 0 Å². The molecule has 2 rings (SSSR count). The molecule has 0 radical (unpaired) electrons. The molecule has 0 saturated carbocycles. The van der Waals surface area contributed by atoms with Crippen LogP contribution in [0.5, 0.6) is 0 Å². The summed E-state index contributed by atoms with van der Waals surface area (Å²) in [5.41, 5.74) is 2.25. The SMILES string of the molecule is O=C(NNS(=O)(=O)c1ccc(F)cc1)c1cccc(Cl)c1. The van der Waals surface area contributed by atoms with Crippen LogP contribution < -0.4 is 10.3 Å². The highest BCUT2D eigenvalue weighted by atomic mass is 35.5. The second-order valence-electron chi connectivity index (χ2n) is 4.02. The van der Waals surface area contributed by atoms with Gasteiger partial charge in [-0.3, -0.25) is 10.2 Å². The fourth-order valence-corrected chi connectivity index (χ4v) is 2.52. The Balaban J connectivity index is 2.08. The van der Waals surface area contributed by atoms with Crippen LogP contribution in [0.15, 0.2) is 53.4 Å². The summed E-state index contributed by atoms with van der Waals surface area (Å²) in [6.45, 7) is 0. The molecule has 0 unspecified atom stereocenters. The highest BCUT2D eigenvalue weighted by molar-refractivity contribution is 7.89. The van der Waals surface area contributed by atoms with E-state index in [1.807, 2.05) is 4.83 Å². The zero-order valence-electron chi connectivity index (χ0n) is 10.5. The molecule has 1 amide bonds. The van der Waals surface area contributed by atoms with Crippen molar-refractivity contribution < 1.29 is 17.6 Å². The Labute approximate surface area is 125 Å². The zero-order chi connectivity index (χ0) is 15.5. The second kappa shape index (κ2) is 6.21. The maximum atomic E-state index is 12.8. The van der Waals surface area contributed by atoms with Crippen LogP contribution in [0.4, 0.5) is 4.39 Å². The van der Waals surface area contributed by atoms with E-state index in [9.17, 15) is 17.6 Å². The predicted molar refractivity (Wildman–Crippen MR) is 75.6 cm³/mol. The predicted octanol–water partition coefficient (Wildman–Crippen LogP) is 2.10. The molecule has 0 bridgehead atoms. The maximum absolute atomic E-state index is 12.8. The number of rotatable bonds is 4. The number of sulfonamides is 1. The number of carbonyl (C=O) groups is 1. The molecule has 0 atom stereocenters. The largest absolute Gasteiger partial charge is 0.273 e. The summed E-state index contributed by atoms with van der Waals surface area (Å²) in [5.74, 6) is -1.22. The highest BCUT2D eigenvalue weighted by Crippen LogP contribution is 2.11. The summed E-state index contributed by atoms with van der Waals surface area (Å²) in [6.07, 6.45) is 0. The summed E-state index contributed by atoms with van der Waals surface area (Å²) in [6, 6.07) is 10.2. The first-order valence-corrected chi connectivity index (χ1v) is 7.58. The van der Waals surface area contributed by atoms with E-state index >= 15 is 0 Å². The van der Waals surface area contributed by atoms with E-state index in [0.717, 1.165) is 24.3 Å². The molecule has 0 saturated heterocycles. The van der Waals surface area contributed by atoms with Gasteiger partial charge in [0.25, 0.3) is 15.9 Å². The number of carbonyl (C=O) groups excluding carboxylic acids is 1. The van der Waals surface area contributed by atoms with Gasteiger partial charge in [0.15, 0.2) is 0 Å². The number of amides is 1. The van der Waals surface area contributed by atoms with Crippen molar-refractivity contribution in [2.45, 2.75) is 4.90 Å². The quantitative estimate of drug-likeness (QED) is 0.844. The Kier molecular flexibility index (Phi) is 4.56. The molecule has 2 aromatic rings. The number of benzene rings is 2. The van der Waals surface area contributed by atoms with Gasteiger partial charge in [0, 0.05) is 10.6 Å². The third kappa shape index (κ3) is 4.01. The van der Waals surface area contributed by atoms with Crippen LogP contribution in [0.25, 0.3) is 0 Å². The Morgan fingerprint density at radius 3 is 2.38 bits per heavy atom. The van der Waals surface area contributed by atoms with Crippen molar-refractivity contribution in [3.05, 3.63) is 64.9 Å². The van der Waals surface area contributed by atoms with Gasteiger partial charge in [0.05, 0.1) is 4.90 Å². The molecule has 110 valence electrons. The van der Waals surface area contributed by atoms with Crippen LogP contribution in [0, 0.1) is 5.82 Å². The number of hydrazine groups is 1. The Bertz CT molecular complexity index is 763. The van der Waals surface area contributed by atoms with Gasteiger partial charge >= 0.3 is 0 Å². The first-order chi connectivity index (χ1) is 9.88. The molecule has 0 aromatic heterocycles. The average Bonchev–Trinajstić information content (AvgIpc) is 2.45. The number of hydrogen-bond acceptors (Lipinski definition) is 3. The van der Waals surface area contributed by atoms with E-state index in [0.29, 0.717) is 5.02 Å². The number of hydrogen-bond donors (Lipinski definition) is 2. The molecule has 0 aliphatic heterocycles. The Morgan fingerprint density at radius 1 is 1.10 bits per heavy atom. The van der Waals surface area contributed by atoms with E-state index in [4.69, 9.17) is 11.6 Å². The highest BCUT2D eigenvalue weighted by Gasteiger charge is 2.15. The summed E-state index contributed by atoms with van der Waals surface area (Å²) in [5, 5.41) is 0.351. The summed E-state index contributed by atoms with van der Waals surface area (Å²) in [7, 11) is -3.97. The molecule has 0 aliphatic rings. The standard InChI is InChI=1S/C13H10ClFN2O3S/c14-10-3-1-2-9(8-10)13(18)16-17-21(19,20)12-6-4-11(15)5-7-12/h1-8,17H,(H,16,18). The molecule has 0 fully saturated rings. The van der Waals surface area contributed by atoms with Gasteiger partial charge in [0.1, 0.15) is 5.82 Å². The van der Waals surface area contributed by atoms with Crippen LogP contribution in [0.3, 0.4) is 0 Å². The molecule has 2 N–H and O–H groups in total. The van der Waals surface area contributed by atoms with E-state index in [1.165, 1.54) is 12.1 Å². The molecular weight excluding hydrogens is 319 g/mol. The van der Waals surface area contributed by atoms with Gasteiger partial charge in [-0.05, 0) is 42.5 Å². The smallest absolute Gasteiger partial charge is 0.266 e. The Hall–Kier alpha value is -1.96. The normalized spacial score (nSPS) is 11.1. The number of halogens is 2. The number of nitrogens with one attached hydrogen (secondary N) is 2. The van der Waals surface area contributed by atoms with Crippen molar-refractivity contribution >= 4 is 27.5 Å². The van der Waals surface area contributed by atoms with Crippen LogP contribution in [-0.4, -0.2) is 14.3 Å². The van der Waals surface area contributed by atoms with Crippen molar-refractivity contribution in [3.63, 3.8) is 0 Å². The molecule has 2 aromatic carbocycles. The first-order valence-electron chi connectivity index (χ1n) is 5.72. The van der Waals surface area contributed by atoms with Crippen molar-refractivity contribution in [2.24, 2.45) is 0 Å². The molecule has 0 heterocycles. The van der Waals surface area contributed by atoms with Gasteiger partial charge in [-0.15, -0.1) is 4.83 Å². The molecule has 21 heavy (non-hydrogen) atoms. The van der Waals surface area contributed by atoms with Crippen molar-refractivity contribution in [1.82, 2.24) is 10.3 Å². The lowest BCUT2D eigenvalue weighted by Crippen LogP contribution is -2.41. The zero-order valence-corrected chi connectivity index (χ0v) is 12.1. The minimum absolute atomic E-state index is 0.171. The van der Waals surface area contributed by atoms with Crippen LogP contribution in [0.1, 0.15) is 10.4 Å². The van der Waals surface area contributed by atoms with E-state index in [2.05, 4.69) is 5.43 Å². The lowest BCUT2D eigenvalue weighted by atomic mass is 10.2. The molecule has 8 heteroatoms. The van der Waals surface area contributed by atoms with Crippen molar-refractivity contribution in [2.75, 3.05) is 0 Å². The topological polar surface area (TPSA) is 75.3 Å². The van der Waals surface area contributed by atoms with E-state index < -0.39 is 21.7 Å². The van der Waals surface area contributed by atoms with Crippen molar-refractivity contribution in [3.8, 4) is 0 Å². The van der Waals surface area contributed by atoms with Gasteiger partial charge < -0.3 is 0 Å². The fourth-order valence-electron chi connectivity index (χ4n) is 1.49. The van der Waals surface area contributed by atoms with E-state index in [-0.39, 0.29) is 10.5 Å². The average molecular weight is 329 g/mol. The van der Waals surface area contributed by atoms with Gasteiger partial charge in [-0.25, -0.2) is 12.8 Å². The van der Waals surface area contributed by atoms with E-state index in [1.54, 1.807) is 12.1 Å². The van der Waals surface area contributed by atoms with Crippen LogP contribution in [-0.2, 0) is 10.0 Å². The minimum atomic E-state index is -3.97. The molecule has 0 spiro atoms. The fraction of sp³-hybridized carbons (Fsp3) is 0. The molecule has 5 nitrogen and oxygen atoms in total. The molecular formula is C13H10ClFN2O3S. The second-order valence-corrected chi connectivity index (χ2v) is 6.14. The monoisotopic (exact) mass is 328 g/mol. The van der Waals surface area contributed by atoms with Crippen LogP contribution >= 0.6 is 11.6 Å². The summed E-state index contributed by atoms with van der Waals surface area (Å²) in [4.78, 5) is 13.5.